The highest BCUT2D eigenvalue weighted by atomic mass is 16.3. The van der Waals surface area contributed by atoms with Crippen molar-refractivity contribution in [1.82, 2.24) is 9.47 Å². The first-order valence-electron chi connectivity index (χ1n) is 9.75. The number of hydrogen-bond donors (Lipinski definition) is 1. The summed E-state index contributed by atoms with van der Waals surface area (Å²) in [6.45, 7) is 3.63. The fourth-order valence-corrected chi connectivity index (χ4v) is 4.17. The van der Waals surface area contributed by atoms with Crippen LogP contribution in [0.4, 0.5) is 0 Å². The van der Waals surface area contributed by atoms with Crippen LogP contribution in [0, 0.1) is 5.92 Å². The smallest absolute Gasteiger partial charge is 0.0845 e. The van der Waals surface area contributed by atoms with Gasteiger partial charge in [-0.15, -0.1) is 0 Å². The third-order valence-electron chi connectivity index (χ3n) is 5.57. The van der Waals surface area contributed by atoms with Crippen LogP contribution in [-0.4, -0.2) is 40.3 Å². The van der Waals surface area contributed by atoms with Crippen molar-refractivity contribution in [2.45, 2.75) is 31.9 Å². The second kappa shape index (κ2) is 8.07. The molecule has 4 rings (SSSR count). The van der Waals surface area contributed by atoms with Crippen molar-refractivity contribution in [3.63, 3.8) is 0 Å². The van der Waals surface area contributed by atoms with Gasteiger partial charge in [-0.25, -0.2) is 0 Å². The van der Waals surface area contributed by atoms with E-state index in [1.54, 1.807) is 0 Å². The molecule has 2 aromatic carbocycles. The molecular weight excluding hydrogens is 320 g/mol. The number of hydrogen-bond acceptors (Lipinski definition) is 2. The lowest BCUT2D eigenvalue weighted by molar-refractivity contribution is 0.0784. The van der Waals surface area contributed by atoms with E-state index in [9.17, 15) is 5.11 Å². The van der Waals surface area contributed by atoms with E-state index in [1.165, 1.54) is 35.6 Å². The molecule has 0 spiro atoms. The van der Waals surface area contributed by atoms with Gasteiger partial charge in [0, 0.05) is 25.5 Å². The van der Waals surface area contributed by atoms with Gasteiger partial charge in [-0.3, -0.25) is 0 Å². The first-order valence-corrected chi connectivity index (χ1v) is 9.75. The number of rotatable bonds is 6. The molecule has 1 aliphatic rings. The van der Waals surface area contributed by atoms with Gasteiger partial charge in [-0.1, -0.05) is 54.6 Å². The molecule has 3 heteroatoms. The average Bonchev–Trinajstić information content (AvgIpc) is 3.06. The van der Waals surface area contributed by atoms with E-state index in [0.717, 1.165) is 25.6 Å². The standard InChI is InChI=1S/C23H28N2O/c26-23(18-25-15-21-8-4-5-9-22(21)16-25)17-24-12-10-20(11-13-24)14-19-6-2-1-3-7-19/h1-9,15-16,20,23,26H,10-14,17-18H2. The summed E-state index contributed by atoms with van der Waals surface area (Å²) >= 11 is 0. The Bertz CT molecular complexity index is 785. The van der Waals surface area contributed by atoms with Gasteiger partial charge >= 0.3 is 0 Å². The molecule has 1 N–H and O–H groups in total. The minimum atomic E-state index is -0.317. The van der Waals surface area contributed by atoms with Gasteiger partial charge in [0.1, 0.15) is 0 Å². The van der Waals surface area contributed by atoms with Gasteiger partial charge in [0.25, 0.3) is 0 Å². The predicted octanol–water partition coefficient (Wildman–Crippen LogP) is 3.96. The minimum absolute atomic E-state index is 0.317. The minimum Gasteiger partial charge on any atom is -0.390 e. The van der Waals surface area contributed by atoms with Crippen molar-refractivity contribution in [2.75, 3.05) is 19.6 Å². The van der Waals surface area contributed by atoms with Crippen LogP contribution < -0.4 is 0 Å². The van der Waals surface area contributed by atoms with Gasteiger partial charge in [0.15, 0.2) is 0 Å². The van der Waals surface area contributed by atoms with Gasteiger partial charge in [0.05, 0.1) is 6.10 Å². The molecule has 1 atom stereocenters. The monoisotopic (exact) mass is 348 g/mol. The Labute approximate surface area is 155 Å². The van der Waals surface area contributed by atoms with Crippen LogP contribution in [-0.2, 0) is 13.0 Å². The summed E-state index contributed by atoms with van der Waals surface area (Å²) in [5.74, 6) is 0.778. The van der Waals surface area contributed by atoms with Crippen LogP contribution in [0.5, 0.6) is 0 Å². The Hall–Kier alpha value is -2.10. The summed E-state index contributed by atoms with van der Waals surface area (Å²) < 4.78 is 2.12. The maximum Gasteiger partial charge on any atom is 0.0845 e. The number of piperidine rings is 1. The number of aliphatic hydroxyl groups is 1. The fraction of sp³-hybridized carbons (Fsp3) is 0.391. The number of nitrogens with zero attached hydrogens (tertiary/aromatic N) is 2. The predicted molar refractivity (Wildman–Crippen MR) is 107 cm³/mol. The Morgan fingerprint density at radius 2 is 1.46 bits per heavy atom. The van der Waals surface area contributed by atoms with Gasteiger partial charge < -0.3 is 14.6 Å². The quantitative estimate of drug-likeness (QED) is 0.730. The van der Waals surface area contributed by atoms with Crippen LogP contribution in [0.1, 0.15) is 18.4 Å². The highest BCUT2D eigenvalue weighted by Gasteiger charge is 2.21. The Morgan fingerprint density at radius 3 is 2.12 bits per heavy atom. The molecule has 136 valence electrons. The molecule has 0 bridgehead atoms. The number of aromatic nitrogens is 1. The van der Waals surface area contributed by atoms with E-state index in [1.807, 2.05) is 0 Å². The lowest BCUT2D eigenvalue weighted by Gasteiger charge is -2.33. The third kappa shape index (κ3) is 4.35. The van der Waals surface area contributed by atoms with Crippen LogP contribution >= 0.6 is 0 Å². The van der Waals surface area contributed by atoms with E-state index in [2.05, 4.69) is 76.5 Å². The number of benzene rings is 2. The zero-order chi connectivity index (χ0) is 17.8. The highest BCUT2D eigenvalue weighted by molar-refractivity contribution is 5.82. The molecule has 2 heterocycles. The SMILES string of the molecule is OC(CN1CCC(Cc2ccccc2)CC1)Cn1cc2ccccc2c1. The summed E-state index contributed by atoms with van der Waals surface area (Å²) in [4.78, 5) is 2.43. The second-order valence-corrected chi connectivity index (χ2v) is 7.67. The first kappa shape index (κ1) is 17.3. The van der Waals surface area contributed by atoms with E-state index in [4.69, 9.17) is 0 Å². The largest absolute Gasteiger partial charge is 0.390 e. The van der Waals surface area contributed by atoms with Crippen molar-refractivity contribution >= 4 is 10.8 Å². The second-order valence-electron chi connectivity index (χ2n) is 7.67. The van der Waals surface area contributed by atoms with Gasteiger partial charge in [-0.05, 0) is 54.6 Å². The van der Waals surface area contributed by atoms with Gasteiger partial charge in [0.2, 0.25) is 0 Å². The molecule has 0 saturated carbocycles. The molecule has 3 aromatic rings. The summed E-state index contributed by atoms with van der Waals surface area (Å²) in [5, 5.41) is 13.0. The zero-order valence-electron chi connectivity index (χ0n) is 15.3. The summed E-state index contributed by atoms with van der Waals surface area (Å²) in [6, 6.07) is 19.2. The summed E-state index contributed by atoms with van der Waals surface area (Å²) in [6.07, 6.45) is 7.59. The first-order chi connectivity index (χ1) is 12.8. The average molecular weight is 348 g/mol. The normalized spacial score (nSPS) is 17.6. The topological polar surface area (TPSA) is 28.4 Å². The van der Waals surface area contributed by atoms with Gasteiger partial charge in [-0.2, -0.15) is 0 Å². The van der Waals surface area contributed by atoms with E-state index < -0.39 is 0 Å². The molecule has 3 nitrogen and oxygen atoms in total. The van der Waals surface area contributed by atoms with E-state index in [-0.39, 0.29) is 6.10 Å². The fourth-order valence-electron chi connectivity index (χ4n) is 4.17. The maximum atomic E-state index is 10.5. The molecule has 1 aliphatic heterocycles. The molecule has 26 heavy (non-hydrogen) atoms. The molecule has 0 radical (unpaired) electrons. The van der Waals surface area contributed by atoms with Crippen LogP contribution in [0.15, 0.2) is 67.0 Å². The highest BCUT2D eigenvalue weighted by Crippen LogP contribution is 2.22. The van der Waals surface area contributed by atoms with Crippen molar-refractivity contribution in [3.05, 3.63) is 72.6 Å². The molecular formula is C23H28N2O. The molecule has 1 aromatic heterocycles. The van der Waals surface area contributed by atoms with Crippen LogP contribution in [0.2, 0.25) is 0 Å². The Kier molecular flexibility index (Phi) is 5.37. The number of fused-ring (bicyclic) bond motifs is 1. The molecule has 1 fully saturated rings. The lowest BCUT2D eigenvalue weighted by atomic mass is 9.90. The van der Waals surface area contributed by atoms with Crippen molar-refractivity contribution in [3.8, 4) is 0 Å². The van der Waals surface area contributed by atoms with Crippen molar-refractivity contribution in [2.24, 2.45) is 5.92 Å². The van der Waals surface area contributed by atoms with Crippen molar-refractivity contribution in [1.29, 1.82) is 0 Å². The number of aliphatic hydroxyl groups excluding tert-OH is 1. The van der Waals surface area contributed by atoms with Crippen LogP contribution in [0.25, 0.3) is 10.8 Å². The third-order valence-corrected chi connectivity index (χ3v) is 5.57. The molecule has 0 amide bonds. The van der Waals surface area contributed by atoms with E-state index in [0.29, 0.717) is 6.54 Å². The number of likely N-dealkylation sites (tertiary alicyclic amines) is 1. The molecule has 1 unspecified atom stereocenters. The van der Waals surface area contributed by atoms with E-state index >= 15 is 0 Å². The zero-order valence-corrected chi connectivity index (χ0v) is 15.3. The summed E-state index contributed by atoms with van der Waals surface area (Å²) in [7, 11) is 0. The Morgan fingerprint density at radius 1 is 0.846 bits per heavy atom. The Balaban J connectivity index is 1.24. The molecule has 1 saturated heterocycles. The summed E-state index contributed by atoms with van der Waals surface area (Å²) in [5.41, 5.74) is 1.45. The lowest BCUT2D eigenvalue weighted by Crippen LogP contribution is -2.40. The number of β-amino-alcohol motifs (C(OH)–C–C–N with tert-alkyl or cyclic N) is 1. The molecule has 0 aliphatic carbocycles. The maximum absolute atomic E-state index is 10.5. The van der Waals surface area contributed by atoms with Crippen LogP contribution in [0.3, 0.4) is 0 Å². The van der Waals surface area contributed by atoms with Crippen molar-refractivity contribution < 1.29 is 5.11 Å².